The molecule has 0 aromatic heterocycles. The number of ether oxygens (including phenoxy) is 1. The van der Waals surface area contributed by atoms with E-state index in [0.717, 1.165) is 29.1 Å². The Morgan fingerprint density at radius 1 is 1.06 bits per heavy atom. The highest BCUT2D eigenvalue weighted by molar-refractivity contribution is 8.26. The maximum Gasteiger partial charge on any atom is 0.266 e. The van der Waals surface area contributed by atoms with Crippen molar-refractivity contribution in [1.29, 1.82) is 0 Å². The SMILES string of the molecule is CCN1/C(=C\C=C2/SC(=S)N(CCCCCC(=O)[O-])C2=O)Oc2ccc(-c3ccccc3)cc21. The Kier molecular flexibility index (Phi) is 7.70. The second kappa shape index (κ2) is 10.9. The van der Waals surface area contributed by atoms with Crippen LogP contribution in [0.2, 0.25) is 0 Å². The molecule has 2 aromatic carbocycles. The summed E-state index contributed by atoms with van der Waals surface area (Å²) in [4.78, 5) is 27.6. The number of thiocarbonyl (C=S) groups is 1. The van der Waals surface area contributed by atoms with Crippen LogP contribution in [0.15, 0.2) is 71.5 Å². The molecule has 0 N–H and O–H groups in total. The molecule has 0 bridgehead atoms. The first kappa shape index (κ1) is 24.0. The van der Waals surface area contributed by atoms with E-state index in [1.54, 1.807) is 11.0 Å². The van der Waals surface area contributed by atoms with Crippen molar-refractivity contribution in [2.45, 2.75) is 32.6 Å². The summed E-state index contributed by atoms with van der Waals surface area (Å²) in [6.07, 6.45) is 5.55. The molecule has 0 saturated carbocycles. The third-order valence-electron chi connectivity index (χ3n) is 5.67. The minimum Gasteiger partial charge on any atom is -0.550 e. The highest BCUT2D eigenvalue weighted by Gasteiger charge is 2.32. The van der Waals surface area contributed by atoms with Crippen molar-refractivity contribution in [2.75, 3.05) is 18.0 Å². The number of benzene rings is 2. The maximum absolute atomic E-state index is 12.8. The van der Waals surface area contributed by atoms with Gasteiger partial charge in [0.1, 0.15) is 4.32 Å². The van der Waals surface area contributed by atoms with Crippen molar-refractivity contribution < 1.29 is 19.4 Å². The first-order valence-corrected chi connectivity index (χ1v) is 12.5. The highest BCUT2D eigenvalue weighted by Crippen LogP contribution is 2.41. The number of unbranched alkanes of at least 4 members (excludes halogenated alkanes) is 2. The number of hydrogen-bond donors (Lipinski definition) is 0. The molecule has 176 valence electrons. The summed E-state index contributed by atoms with van der Waals surface area (Å²) in [6, 6.07) is 16.3. The molecule has 0 atom stereocenters. The van der Waals surface area contributed by atoms with Gasteiger partial charge in [-0.25, -0.2) is 0 Å². The van der Waals surface area contributed by atoms with Gasteiger partial charge in [0.15, 0.2) is 5.75 Å². The lowest BCUT2D eigenvalue weighted by Crippen LogP contribution is -2.29. The number of carbonyl (C=O) groups excluding carboxylic acids is 2. The maximum atomic E-state index is 12.8. The van der Waals surface area contributed by atoms with Gasteiger partial charge in [-0.15, -0.1) is 0 Å². The lowest BCUT2D eigenvalue weighted by molar-refractivity contribution is -0.305. The molecule has 2 aliphatic rings. The predicted molar refractivity (Wildman–Crippen MR) is 137 cm³/mol. The molecule has 34 heavy (non-hydrogen) atoms. The summed E-state index contributed by atoms with van der Waals surface area (Å²) >= 11 is 6.66. The third kappa shape index (κ3) is 5.34. The van der Waals surface area contributed by atoms with E-state index in [2.05, 4.69) is 30.0 Å². The standard InChI is InChI=1S/C26H26N2O4S2/c1-2-27-20-17-19(18-9-5-3-6-10-18)12-13-21(20)32-23(27)15-14-22-25(31)28(26(33)34-22)16-8-4-7-11-24(29)30/h3,5-6,9-10,12-15,17H,2,4,7-8,11,16H2,1H3,(H,29,30)/p-1/b22-14-,23-15+. The zero-order valence-electron chi connectivity index (χ0n) is 18.9. The molecule has 0 spiro atoms. The van der Waals surface area contributed by atoms with E-state index in [9.17, 15) is 14.7 Å². The monoisotopic (exact) mass is 493 g/mol. The Morgan fingerprint density at radius 3 is 2.59 bits per heavy atom. The zero-order valence-corrected chi connectivity index (χ0v) is 20.5. The van der Waals surface area contributed by atoms with E-state index in [-0.39, 0.29) is 12.3 Å². The number of carbonyl (C=O) groups is 2. The van der Waals surface area contributed by atoms with E-state index in [1.165, 1.54) is 11.8 Å². The van der Waals surface area contributed by atoms with Crippen molar-refractivity contribution in [2.24, 2.45) is 0 Å². The van der Waals surface area contributed by atoms with Crippen LogP contribution in [0.3, 0.4) is 0 Å². The van der Waals surface area contributed by atoms with Gasteiger partial charge >= 0.3 is 0 Å². The van der Waals surface area contributed by atoms with Crippen LogP contribution in [-0.2, 0) is 9.59 Å². The average Bonchev–Trinajstić information content (AvgIpc) is 3.33. The fourth-order valence-corrected chi connectivity index (χ4v) is 5.18. The van der Waals surface area contributed by atoms with Crippen molar-refractivity contribution in [3.63, 3.8) is 0 Å². The number of thioether (sulfide) groups is 1. The van der Waals surface area contributed by atoms with E-state index in [0.29, 0.717) is 40.9 Å². The first-order chi connectivity index (χ1) is 16.5. The van der Waals surface area contributed by atoms with Gasteiger partial charge in [-0.1, -0.05) is 66.8 Å². The molecule has 0 radical (unpaired) electrons. The van der Waals surface area contributed by atoms with E-state index in [1.807, 2.05) is 36.4 Å². The topological polar surface area (TPSA) is 72.9 Å². The molecule has 2 aromatic rings. The summed E-state index contributed by atoms with van der Waals surface area (Å²) < 4.78 is 6.60. The molecular formula is C26H25N2O4S2-. The van der Waals surface area contributed by atoms with Crippen LogP contribution in [0.5, 0.6) is 5.75 Å². The van der Waals surface area contributed by atoms with Gasteiger partial charge in [0.2, 0.25) is 5.88 Å². The van der Waals surface area contributed by atoms with E-state index in [4.69, 9.17) is 17.0 Å². The van der Waals surface area contributed by atoms with Gasteiger partial charge in [-0.05, 0) is 55.5 Å². The average molecular weight is 494 g/mol. The number of anilines is 1. The number of hydrogen-bond acceptors (Lipinski definition) is 7. The number of aliphatic carboxylic acids is 1. The minimum absolute atomic E-state index is 0.0367. The number of fused-ring (bicyclic) bond motifs is 1. The summed E-state index contributed by atoms with van der Waals surface area (Å²) in [6.45, 7) is 3.26. The van der Waals surface area contributed by atoms with Gasteiger partial charge in [0.25, 0.3) is 5.91 Å². The fourth-order valence-electron chi connectivity index (χ4n) is 3.93. The van der Waals surface area contributed by atoms with Crippen molar-refractivity contribution in [3.8, 4) is 16.9 Å². The largest absolute Gasteiger partial charge is 0.550 e. The summed E-state index contributed by atoms with van der Waals surface area (Å²) in [5.74, 6) is 0.271. The van der Waals surface area contributed by atoms with Gasteiger partial charge < -0.3 is 19.5 Å². The number of allylic oxidation sites excluding steroid dienone is 2. The summed E-state index contributed by atoms with van der Waals surface area (Å²) in [5.41, 5.74) is 3.25. The Morgan fingerprint density at radius 2 is 1.85 bits per heavy atom. The molecule has 1 amide bonds. The van der Waals surface area contributed by atoms with Crippen LogP contribution >= 0.6 is 24.0 Å². The molecule has 0 unspecified atom stereocenters. The van der Waals surface area contributed by atoms with Crippen LogP contribution in [0, 0.1) is 0 Å². The Balaban J connectivity index is 1.45. The Bertz CT molecular complexity index is 1160. The molecular weight excluding hydrogens is 468 g/mol. The van der Waals surface area contributed by atoms with Crippen molar-refractivity contribution >= 4 is 45.9 Å². The Labute approximate surface area is 208 Å². The number of amides is 1. The molecule has 4 rings (SSSR count). The smallest absolute Gasteiger partial charge is 0.266 e. The summed E-state index contributed by atoms with van der Waals surface area (Å²) in [7, 11) is 0. The zero-order chi connectivity index (χ0) is 24.1. The summed E-state index contributed by atoms with van der Waals surface area (Å²) in [5, 5.41) is 10.5. The molecule has 1 fully saturated rings. The van der Waals surface area contributed by atoms with Gasteiger partial charge in [-0.3, -0.25) is 9.69 Å². The Hall–Kier alpha value is -3.10. The van der Waals surface area contributed by atoms with Crippen LogP contribution < -0.4 is 14.7 Å². The molecule has 2 aliphatic heterocycles. The second-order valence-electron chi connectivity index (χ2n) is 7.94. The van der Waals surface area contributed by atoms with Gasteiger partial charge in [0, 0.05) is 25.1 Å². The number of rotatable bonds is 9. The van der Waals surface area contributed by atoms with Crippen LogP contribution in [0.25, 0.3) is 11.1 Å². The number of carboxylic acids is 1. The minimum atomic E-state index is -1.05. The van der Waals surface area contributed by atoms with Gasteiger partial charge in [-0.2, -0.15) is 0 Å². The molecule has 1 saturated heterocycles. The quantitative estimate of drug-likeness (QED) is 0.290. The van der Waals surface area contributed by atoms with Crippen molar-refractivity contribution in [1.82, 2.24) is 4.90 Å². The van der Waals surface area contributed by atoms with E-state index < -0.39 is 5.97 Å². The predicted octanol–water partition coefficient (Wildman–Crippen LogP) is 4.47. The molecule has 8 heteroatoms. The number of carboxylic acid groups (broad SMARTS) is 1. The molecule has 6 nitrogen and oxygen atoms in total. The van der Waals surface area contributed by atoms with Crippen molar-refractivity contribution in [3.05, 3.63) is 71.5 Å². The normalized spacial score (nSPS) is 17.6. The van der Waals surface area contributed by atoms with Crippen LogP contribution in [-0.4, -0.2) is 34.2 Å². The second-order valence-corrected chi connectivity index (χ2v) is 9.61. The third-order valence-corrected chi connectivity index (χ3v) is 7.06. The van der Waals surface area contributed by atoms with Crippen LogP contribution in [0.1, 0.15) is 32.6 Å². The first-order valence-electron chi connectivity index (χ1n) is 11.3. The lowest BCUT2D eigenvalue weighted by Gasteiger charge is -2.16. The highest BCUT2D eigenvalue weighted by atomic mass is 32.2. The fraction of sp³-hybridized carbons (Fsp3) is 0.269. The number of nitrogens with zero attached hydrogens (tertiary/aromatic N) is 2. The van der Waals surface area contributed by atoms with E-state index >= 15 is 0 Å². The van der Waals surface area contributed by atoms with Crippen LogP contribution in [0.4, 0.5) is 5.69 Å². The molecule has 0 aliphatic carbocycles. The molecule has 2 heterocycles. The lowest BCUT2D eigenvalue weighted by atomic mass is 10.0. The van der Waals surface area contributed by atoms with Gasteiger partial charge in [0.05, 0.1) is 10.6 Å².